The van der Waals surface area contributed by atoms with Gasteiger partial charge in [-0.2, -0.15) is 12.6 Å². The van der Waals surface area contributed by atoms with Crippen LogP contribution in [0.15, 0.2) is 24.3 Å². The minimum atomic E-state index is -1.15. The van der Waals surface area contributed by atoms with E-state index in [0.717, 1.165) is 5.56 Å². The lowest BCUT2D eigenvalue weighted by Crippen LogP contribution is -2.56. The third-order valence-electron chi connectivity index (χ3n) is 3.77. The highest BCUT2D eigenvalue weighted by atomic mass is 32.1. The van der Waals surface area contributed by atoms with Crippen molar-refractivity contribution in [3.8, 4) is 5.75 Å². The lowest BCUT2D eigenvalue weighted by molar-refractivity contribution is -0.143. The first-order valence-corrected chi connectivity index (χ1v) is 8.76. The predicted molar refractivity (Wildman–Crippen MR) is 100.0 cm³/mol. The number of carboxylic acid groups (broad SMARTS) is 1. The highest BCUT2D eigenvalue weighted by Gasteiger charge is 2.28. The molecule has 0 unspecified atom stereocenters. The third kappa shape index (κ3) is 6.57. The number of phenolic OH excluding ortho intramolecular Hbond substituents is 1. The summed E-state index contributed by atoms with van der Waals surface area (Å²) in [5.41, 5.74) is 6.62. The second-order valence-electron chi connectivity index (χ2n) is 6.29. The maximum absolute atomic E-state index is 12.2. The van der Waals surface area contributed by atoms with Crippen LogP contribution >= 0.6 is 12.6 Å². The Bertz CT molecular complexity index is 636. The molecule has 0 aliphatic carbocycles. The minimum absolute atomic E-state index is 0.00601. The van der Waals surface area contributed by atoms with Gasteiger partial charge in [-0.15, -0.1) is 0 Å². The number of aromatic hydroxyl groups is 1. The number of benzene rings is 1. The first-order chi connectivity index (χ1) is 12.1. The van der Waals surface area contributed by atoms with Crippen molar-refractivity contribution in [1.29, 1.82) is 0 Å². The molecule has 9 heteroatoms. The number of rotatable bonds is 9. The van der Waals surface area contributed by atoms with Gasteiger partial charge in [-0.1, -0.05) is 26.0 Å². The van der Waals surface area contributed by atoms with Crippen molar-refractivity contribution in [3.63, 3.8) is 0 Å². The lowest BCUT2D eigenvalue weighted by atomic mass is 10.0. The maximum atomic E-state index is 12.2. The molecular formula is C17H25N3O5S. The summed E-state index contributed by atoms with van der Waals surface area (Å²) in [6.45, 7) is 3.34. The summed E-state index contributed by atoms with van der Waals surface area (Å²) in [5, 5.41) is 23.3. The van der Waals surface area contributed by atoms with Crippen LogP contribution in [0.5, 0.6) is 5.75 Å². The fraction of sp³-hybridized carbons (Fsp3) is 0.471. The Balaban J connectivity index is 2.67. The minimum Gasteiger partial charge on any atom is -0.508 e. The Morgan fingerprint density at radius 2 is 1.69 bits per heavy atom. The average Bonchev–Trinajstić information content (AvgIpc) is 2.58. The molecule has 2 amide bonds. The van der Waals surface area contributed by atoms with Gasteiger partial charge in [0.1, 0.15) is 17.8 Å². The van der Waals surface area contributed by atoms with Gasteiger partial charge < -0.3 is 26.6 Å². The molecule has 0 aliphatic heterocycles. The van der Waals surface area contributed by atoms with E-state index in [1.54, 1.807) is 26.0 Å². The van der Waals surface area contributed by atoms with Crippen molar-refractivity contribution in [1.82, 2.24) is 10.6 Å². The predicted octanol–water partition coefficient (Wildman–Crippen LogP) is -0.0980. The molecule has 1 rings (SSSR count). The third-order valence-corrected chi connectivity index (χ3v) is 4.14. The molecule has 0 aliphatic rings. The van der Waals surface area contributed by atoms with Gasteiger partial charge in [-0.3, -0.25) is 9.59 Å². The van der Waals surface area contributed by atoms with Gasteiger partial charge in [-0.25, -0.2) is 4.79 Å². The highest BCUT2D eigenvalue weighted by molar-refractivity contribution is 7.80. The van der Waals surface area contributed by atoms with E-state index in [4.69, 9.17) is 10.8 Å². The molecule has 0 spiro atoms. The maximum Gasteiger partial charge on any atom is 0.326 e. The molecule has 1 aromatic rings. The molecule has 6 N–H and O–H groups in total. The van der Waals surface area contributed by atoms with Gasteiger partial charge in [0.15, 0.2) is 0 Å². The van der Waals surface area contributed by atoms with Gasteiger partial charge in [0.05, 0.1) is 6.04 Å². The molecule has 0 saturated carbocycles. The number of nitrogens with one attached hydrogen (secondary N) is 2. The number of amides is 2. The largest absolute Gasteiger partial charge is 0.508 e. The summed E-state index contributed by atoms with van der Waals surface area (Å²) in [6, 6.07) is 3.29. The summed E-state index contributed by atoms with van der Waals surface area (Å²) in [4.78, 5) is 35.7. The second kappa shape index (κ2) is 10.0. The van der Waals surface area contributed by atoms with E-state index in [2.05, 4.69) is 23.3 Å². The number of hydrogen-bond acceptors (Lipinski definition) is 6. The van der Waals surface area contributed by atoms with E-state index < -0.39 is 35.9 Å². The normalized spacial score (nSPS) is 14.3. The van der Waals surface area contributed by atoms with Crippen molar-refractivity contribution in [2.45, 2.75) is 38.4 Å². The molecule has 8 nitrogen and oxygen atoms in total. The van der Waals surface area contributed by atoms with E-state index in [0.29, 0.717) is 0 Å². The van der Waals surface area contributed by atoms with Gasteiger partial charge in [0, 0.05) is 5.75 Å². The van der Waals surface area contributed by atoms with E-state index >= 15 is 0 Å². The number of carbonyl (C=O) groups excluding carboxylic acids is 2. The van der Waals surface area contributed by atoms with Gasteiger partial charge >= 0.3 is 5.97 Å². The van der Waals surface area contributed by atoms with Crippen molar-refractivity contribution >= 4 is 30.4 Å². The Hall–Kier alpha value is -2.26. The molecule has 144 valence electrons. The van der Waals surface area contributed by atoms with E-state index in [-0.39, 0.29) is 23.8 Å². The Labute approximate surface area is 157 Å². The van der Waals surface area contributed by atoms with Gasteiger partial charge in [0.2, 0.25) is 11.8 Å². The van der Waals surface area contributed by atoms with E-state index in [1.165, 1.54) is 12.1 Å². The van der Waals surface area contributed by atoms with Crippen LogP contribution in [0, 0.1) is 5.92 Å². The number of carboxylic acids is 1. The average molecular weight is 383 g/mol. The molecule has 26 heavy (non-hydrogen) atoms. The number of aliphatic carboxylic acids is 1. The Morgan fingerprint density at radius 3 is 2.15 bits per heavy atom. The van der Waals surface area contributed by atoms with Crippen molar-refractivity contribution in [2.75, 3.05) is 5.75 Å². The molecule has 0 aromatic heterocycles. The summed E-state index contributed by atoms with van der Waals surface area (Å²) in [5.74, 6) is -2.55. The molecule has 0 bridgehead atoms. The zero-order valence-corrected chi connectivity index (χ0v) is 15.6. The number of hydrogen-bond donors (Lipinski definition) is 6. The zero-order valence-electron chi connectivity index (χ0n) is 14.7. The number of nitrogens with two attached hydrogens (primary N) is 1. The summed E-state index contributed by atoms with van der Waals surface area (Å²) < 4.78 is 0. The molecule has 3 atom stereocenters. The van der Waals surface area contributed by atoms with Crippen LogP contribution in [0.4, 0.5) is 0 Å². The molecule has 0 radical (unpaired) electrons. The first kappa shape index (κ1) is 21.8. The quantitative estimate of drug-likeness (QED) is 0.329. The summed E-state index contributed by atoms with van der Waals surface area (Å²) in [6.07, 6.45) is 0.219. The van der Waals surface area contributed by atoms with Crippen LogP contribution in [0.25, 0.3) is 0 Å². The lowest BCUT2D eigenvalue weighted by Gasteiger charge is -2.23. The molecule has 1 aromatic carbocycles. The Kier molecular flexibility index (Phi) is 8.40. The van der Waals surface area contributed by atoms with E-state index in [1.807, 2.05) is 0 Å². The highest BCUT2D eigenvalue weighted by Crippen LogP contribution is 2.11. The number of carbonyl (C=O) groups is 3. The van der Waals surface area contributed by atoms with Crippen molar-refractivity contribution in [3.05, 3.63) is 29.8 Å². The topological polar surface area (TPSA) is 142 Å². The van der Waals surface area contributed by atoms with Crippen LogP contribution in [-0.2, 0) is 20.8 Å². The van der Waals surface area contributed by atoms with E-state index in [9.17, 15) is 19.5 Å². The van der Waals surface area contributed by atoms with Crippen LogP contribution in [-0.4, -0.2) is 51.9 Å². The van der Waals surface area contributed by atoms with Gasteiger partial charge in [0.25, 0.3) is 0 Å². The molecule has 0 heterocycles. The smallest absolute Gasteiger partial charge is 0.326 e. The first-order valence-electron chi connectivity index (χ1n) is 8.13. The fourth-order valence-corrected chi connectivity index (χ4v) is 2.48. The molecule has 0 fully saturated rings. The monoisotopic (exact) mass is 383 g/mol. The van der Waals surface area contributed by atoms with Crippen LogP contribution < -0.4 is 16.4 Å². The summed E-state index contributed by atoms with van der Waals surface area (Å²) in [7, 11) is 0. The number of thiol groups is 1. The Morgan fingerprint density at radius 1 is 1.12 bits per heavy atom. The second-order valence-corrected chi connectivity index (χ2v) is 6.65. The SMILES string of the molecule is CC(C)[C@H](NC(=O)[C@H](CS)NC(=O)[C@@H](N)Cc1ccc(O)cc1)C(=O)O. The summed E-state index contributed by atoms with van der Waals surface area (Å²) >= 11 is 4.04. The number of phenols is 1. The molecule has 0 saturated heterocycles. The van der Waals surface area contributed by atoms with Crippen molar-refractivity contribution < 1.29 is 24.6 Å². The van der Waals surface area contributed by atoms with Crippen LogP contribution in [0.1, 0.15) is 19.4 Å². The van der Waals surface area contributed by atoms with Crippen LogP contribution in [0.2, 0.25) is 0 Å². The van der Waals surface area contributed by atoms with Crippen LogP contribution in [0.3, 0.4) is 0 Å². The van der Waals surface area contributed by atoms with Gasteiger partial charge in [-0.05, 0) is 30.0 Å². The fourth-order valence-electron chi connectivity index (χ4n) is 2.22. The zero-order chi connectivity index (χ0) is 19.9. The molecular weight excluding hydrogens is 358 g/mol. The van der Waals surface area contributed by atoms with Crippen molar-refractivity contribution in [2.24, 2.45) is 11.7 Å². The standard InChI is InChI=1S/C17H25N3O5S/c1-9(2)14(17(24)25)20-16(23)13(8-26)19-15(22)12(18)7-10-3-5-11(21)6-4-10/h3-6,9,12-14,21,26H,7-8,18H2,1-2H3,(H,19,22)(H,20,23)(H,24,25)/t12-,13-,14-/m0/s1.